The Kier molecular flexibility index (Phi) is 11.5. The van der Waals surface area contributed by atoms with Crippen LogP contribution >= 0.6 is 0 Å². The van der Waals surface area contributed by atoms with Crippen LogP contribution in [0.4, 0.5) is 0 Å². The summed E-state index contributed by atoms with van der Waals surface area (Å²) in [6, 6.07) is -4.29. The molecule has 0 bridgehead atoms. The number of amides is 4. The van der Waals surface area contributed by atoms with Crippen LogP contribution in [0.15, 0.2) is 17.5 Å². The molecule has 1 saturated heterocycles. The van der Waals surface area contributed by atoms with Gasteiger partial charge in [0.05, 0.1) is 12.4 Å². The maximum Gasteiger partial charge on any atom is 0.326 e. The number of guanidine groups is 1. The first-order valence-corrected chi connectivity index (χ1v) is 12.2. The van der Waals surface area contributed by atoms with Crippen molar-refractivity contribution in [3.63, 3.8) is 0 Å². The highest BCUT2D eigenvalue weighted by Crippen LogP contribution is 2.20. The van der Waals surface area contributed by atoms with Crippen LogP contribution in [-0.4, -0.2) is 92.8 Å². The van der Waals surface area contributed by atoms with E-state index in [0.29, 0.717) is 31.5 Å². The van der Waals surface area contributed by atoms with Crippen molar-refractivity contribution in [2.24, 2.45) is 27.9 Å². The predicted octanol–water partition coefficient (Wildman–Crippen LogP) is -3.36. The Labute approximate surface area is 219 Å². The number of aliphatic imine (C=N–C) groups is 1. The lowest BCUT2D eigenvalue weighted by Gasteiger charge is -2.30. The third-order valence-corrected chi connectivity index (χ3v) is 6.03. The van der Waals surface area contributed by atoms with Crippen LogP contribution in [0.5, 0.6) is 0 Å². The smallest absolute Gasteiger partial charge is 0.326 e. The number of primary amides is 1. The Bertz CT molecular complexity index is 1010. The third kappa shape index (κ3) is 9.34. The monoisotopic (exact) mass is 536 g/mol. The second kappa shape index (κ2) is 14.5. The Balaban J connectivity index is 2.11. The molecule has 4 atom stereocenters. The Hall–Kier alpha value is -4.21. The first kappa shape index (κ1) is 30.0. The number of imidazole rings is 1. The van der Waals surface area contributed by atoms with E-state index in [-0.39, 0.29) is 38.2 Å². The van der Waals surface area contributed by atoms with Gasteiger partial charge in [-0.3, -0.25) is 24.2 Å². The molecule has 16 nitrogen and oxygen atoms in total. The average Bonchev–Trinajstić information content (AvgIpc) is 3.55. The highest BCUT2D eigenvalue weighted by molar-refractivity contribution is 5.94. The maximum absolute atomic E-state index is 13.5. The lowest BCUT2D eigenvalue weighted by molar-refractivity contribution is -0.145. The highest BCUT2D eigenvalue weighted by Gasteiger charge is 2.39. The van der Waals surface area contributed by atoms with E-state index in [2.05, 4.69) is 25.6 Å². The van der Waals surface area contributed by atoms with Gasteiger partial charge in [-0.25, -0.2) is 9.78 Å². The number of hydrogen-bond donors (Lipinski definition) is 8. The number of nitrogens with zero attached hydrogens (tertiary/aromatic N) is 3. The molecule has 0 aliphatic carbocycles. The van der Waals surface area contributed by atoms with E-state index in [0.717, 1.165) is 0 Å². The van der Waals surface area contributed by atoms with Crippen LogP contribution in [0.25, 0.3) is 0 Å². The molecule has 12 N–H and O–H groups in total. The third-order valence-electron chi connectivity index (χ3n) is 6.03. The van der Waals surface area contributed by atoms with Crippen LogP contribution < -0.4 is 33.6 Å². The van der Waals surface area contributed by atoms with Crippen LogP contribution in [0, 0.1) is 0 Å². The number of carbonyl (C=O) groups is 5. The number of rotatable bonds is 15. The van der Waals surface area contributed by atoms with Crippen molar-refractivity contribution in [1.29, 1.82) is 0 Å². The van der Waals surface area contributed by atoms with E-state index in [4.69, 9.17) is 22.9 Å². The molecule has 38 heavy (non-hydrogen) atoms. The average molecular weight is 537 g/mol. The number of nitrogens with two attached hydrogens (primary N) is 4. The molecule has 4 amide bonds. The topological polar surface area (TPSA) is 278 Å². The van der Waals surface area contributed by atoms with Gasteiger partial charge in [0.15, 0.2) is 5.96 Å². The van der Waals surface area contributed by atoms with E-state index in [1.165, 1.54) is 17.4 Å². The molecule has 16 heteroatoms. The fraction of sp³-hybridized carbons (Fsp3) is 0.591. The summed E-state index contributed by atoms with van der Waals surface area (Å²) in [6.07, 6.45) is 4.10. The van der Waals surface area contributed by atoms with Gasteiger partial charge >= 0.3 is 5.97 Å². The molecular weight excluding hydrogens is 500 g/mol. The van der Waals surface area contributed by atoms with Gasteiger partial charge in [0.25, 0.3) is 0 Å². The van der Waals surface area contributed by atoms with Crippen molar-refractivity contribution in [2.45, 2.75) is 69.1 Å². The first-order valence-electron chi connectivity index (χ1n) is 12.2. The summed E-state index contributed by atoms with van der Waals surface area (Å²) < 4.78 is 0. The fourth-order valence-electron chi connectivity index (χ4n) is 4.06. The van der Waals surface area contributed by atoms with Crippen LogP contribution in [0.1, 0.15) is 44.2 Å². The standard InChI is InChI=1S/C22H36N10O6/c23-13(3-1-7-28-22(25)26)18(34)31-15(9-12-10-27-11-29-12)20(36)32-8-2-4-16(32)19(35)30-14(21(37)38)5-6-17(24)33/h10-11,13-16H,1-9,23H2,(H2,24,33)(H,27,29)(H,30,35)(H,31,34)(H,37,38)(H4,25,26,28). The predicted molar refractivity (Wildman–Crippen MR) is 135 cm³/mol. The van der Waals surface area contributed by atoms with Gasteiger partial charge in [-0.15, -0.1) is 0 Å². The van der Waals surface area contributed by atoms with Crippen LogP contribution in [0.3, 0.4) is 0 Å². The van der Waals surface area contributed by atoms with Gasteiger partial charge in [0, 0.05) is 37.8 Å². The zero-order chi connectivity index (χ0) is 28.2. The zero-order valence-corrected chi connectivity index (χ0v) is 21.0. The number of aliphatic carboxylic acids is 1. The summed E-state index contributed by atoms with van der Waals surface area (Å²) in [6.45, 7) is 0.525. The number of hydrogen-bond acceptors (Lipinski definition) is 8. The lowest BCUT2D eigenvalue weighted by Crippen LogP contribution is -2.57. The number of aromatic nitrogens is 2. The Morgan fingerprint density at radius 3 is 2.50 bits per heavy atom. The molecule has 0 aromatic carbocycles. The number of H-pyrrole nitrogens is 1. The number of carbonyl (C=O) groups excluding carboxylic acids is 4. The Morgan fingerprint density at radius 1 is 1.16 bits per heavy atom. The molecule has 2 rings (SSSR count). The molecule has 1 aromatic heterocycles. The molecule has 1 fully saturated rings. The highest BCUT2D eigenvalue weighted by atomic mass is 16.4. The maximum atomic E-state index is 13.5. The summed E-state index contributed by atoms with van der Waals surface area (Å²) in [5.41, 5.74) is 22.2. The van der Waals surface area contributed by atoms with Crippen LogP contribution in [-0.2, 0) is 30.4 Å². The van der Waals surface area contributed by atoms with E-state index < -0.39 is 53.8 Å². The molecule has 1 aromatic rings. The number of aromatic amines is 1. The Morgan fingerprint density at radius 2 is 1.89 bits per heavy atom. The van der Waals surface area contributed by atoms with Crippen molar-refractivity contribution in [3.05, 3.63) is 18.2 Å². The van der Waals surface area contributed by atoms with E-state index in [1.54, 1.807) is 0 Å². The molecule has 210 valence electrons. The number of likely N-dealkylation sites (tertiary alicyclic amines) is 1. The van der Waals surface area contributed by atoms with Crippen LogP contribution in [0.2, 0.25) is 0 Å². The summed E-state index contributed by atoms with van der Waals surface area (Å²) >= 11 is 0. The largest absolute Gasteiger partial charge is 0.480 e. The molecule has 0 spiro atoms. The van der Waals surface area contributed by atoms with Gasteiger partial charge in [-0.05, 0) is 32.1 Å². The summed E-state index contributed by atoms with van der Waals surface area (Å²) in [5, 5.41) is 14.5. The van der Waals surface area contributed by atoms with Gasteiger partial charge < -0.3 is 48.6 Å². The van der Waals surface area contributed by atoms with Crippen molar-refractivity contribution >= 4 is 35.6 Å². The second-order valence-corrected chi connectivity index (χ2v) is 8.99. The van der Waals surface area contributed by atoms with E-state index >= 15 is 0 Å². The minimum Gasteiger partial charge on any atom is -0.480 e. The quantitative estimate of drug-likeness (QED) is 0.0626. The molecule has 4 unspecified atom stereocenters. The molecule has 1 aliphatic heterocycles. The van der Waals surface area contributed by atoms with Gasteiger partial charge in [-0.2, -0.15) is 0 Å². The van der Waals surface area contributed by atoms with Crippen molar-refractivity contribution < 1.29 is 29.1 Å². The summed E-state index contributed by atoms with van der Waals surface area (Å²) in [5.74, 6) is -3.85. The van der Waals surface area contributed by atoms with Crippen molar-refractivity contribution in [1.82, 2.24) is 25.5 Å². The number of nitrogens with one attached hydrogen (secondary N) is 3. The molecule has 1 aliphatic rings. The lowest BCUT2D eigenvalue weighted by atomic mass is 10.1. The van der Waals surface area contributed by atoms with Crippen molar-refractivity contribution in [3.8, 4) is 0 Å². The van der Waals surface area contributed by atoms with Gasteiger partial charge in [0.2, 0.25) is 23.6 Å². The van der Waals surface area contributed by atoms with E-state index in [1.807, 2.05) is 0 Å². The molecular formula is C22H36N10O6. The van der Waals surface area contributed by atoms with Gasteiger partial charge in [0.1, 0.15) is 18.1 Å². The fourth-order valence-corrected chi connectivity index (χ4v) is 4.06. The summed E-state index contributed by atoms with van der Waals surface area (Å²) in [7, 11) is 0. The van der Waals surface area contributed by atoms with E-state index in [9.17, 15) is 29.1 Å². The van der Waals surface area contributed by atoms with Gasteiger partial charge in [-0.1, -0.05) is 0 Å². The number of carboxylic acids is 1. The normalized spacial score (nSPS) is 17.2. The minimum absolute atomic E-state index is 0.0620. The second-order valence-electron chi connectivity index (χ2n) is 8.99. The first-order chi connectivity index (χ1) is 18.0. The zero-order valence-electron chi connectivity index (χ0n) is 21.0. The molecule has 0 saturated carbocycles. The molecule has 2 heterocycles. The SMILES string of the molecule is NC(=O)CCC(NC(=O)C1CCCN1C(=O)C(Cc1cnc[nH]1)NC(=O)C(N)CCCN=C(N)N)C(=O)O. The number of carboxylic acid groups (broad SMARTS) is 1. The van der Waals surface area contributed by atoms with Crippen molar-refractivity contribution in [2.75, 3.05) is 13.1 Å². The molecule has 0 radical (unpaired) electrons. The summed E-state index contributed by atoms with van der Waals surface area (Å²) in [4.78, 5) is 73.8. The minimum atomic E-state index is -1.34.